The van der Waals surface area contributed by atoms with Crippen LogP contribution in [0, 0.1) is 0 Å². The lowest BCUT2D eigenvalue weighted by atomic mass is 9.96. The highest BCUT2D eigenvalue weighted by molar-refractivity contribution is 6.07. The van der Waals surface area contributed by atoms with Gasteiger partial charge in [-0.15, -0.1) is 0 Å². The Morgan fingerprint density at radius 1 is 0.308 bits per heavy atom. The van der Waals surface area contributed by atoms with Gasteiger partial charge in [0.05, 0.1) is 5.69 Å². The molecule has 0 aliphatic rings. The van der Waals surface area contributed by atoms with Gasteiger partial charge in [-0.3, -0.25) is 0 Å². The van der Waals surface area contributed by atoms with E-state index in [4.69, 9.17) is 4.42 Å². The van der Waals surface area contributed by atoms with E-state index >= 15 is 0 Å². The van der Waals surface area contributed by atoms with Gasteiger partial charge in [-0.05, 0) is 97.9 Å². The predicted octanol–water partition coefficient (Wildman–Crippen LogP) is 14.4. The van der Waals surface area contributed by atoms with Crippen LogP contribution in [0.5, 0.6) is 0 Å². The van der Waals surface area contributed by atoms with Crippen molar-refractivity contribution in [2.24, 2.45) is 0 Å². The average Bonchev–Trinajstić information content (AvgIpc) is 3.59. The normalized spacial score (nSPS) is 11.5. The molecule has 0 saturated heterocycles. The fourth-order valence-electron chi connectivity index (χ4n) is 7.77. The van der Waals surface area contributed by atoms with Gasteiger partial charge in [0.1, 0.15) is 11.2 Å². The van der Waals surface area contributed by atoms with E-state index in [-0.39, 0.29) is 0 Å². The Hall–Kier alpha value is -6.90. The molecule has 0 radical (unpaired) electrons. The minimum Gasteiger partial charge on any atom is -0.456 e. The summed E-state index contributed by atoms with van der Waals surface area (Å²) in [5.74, 6) is 0. The van der Waals surface area contributed by atoms with Crippen molar-refractivity contribution in [2.75, 3.05) is 4.90 Å². The van der Waals surface area contributed by atoms with Crippen molar-refractivity contribution >= 4 is 60.5 Å². The first-order chi connectivity index (χ1) is 25.8. The minimum atomic E-state index is 0.896. The largest absolute Gasteiger partial charge is 0.456 e. The summed E-state index contributed by atoms with van der Waals surface area (Å²) in [4.78, 5) is 2.38. The van der Waals surface area contributed by atoms with Gasteiger partial charge in [0.15, 0.2) is 0 Å². The third-order valence-corrected chi connectivity index (χ3v) is 10.3. The van der Waals surface area contributed by atoms with Gasteiger partial charge in [-0.25, -0.2) is 0 Å². The van der Waals surface area contributed by atoms with Crippen molar-refractivity contribution < 1.29 is 4.42 Å². The summed E-state index contributed by atoms with van der Waals surface area (Å²) in [5, 5.41) is 7.24. The topological polar surface area (TPSA) is 16.4 Å². The maximum absolute atomic E-state index is 6.20. The lowest BCUT2D eigenvalue weighted by Gasteiger charge is -2.28. The first kappa shape index (κ1) is 30.0. The molecule has 2 nitrogen and oxygen atoms in total. The molecule has 0 bridgehead atoms. The van der Waals surface area contributed by atoms with E-state index in [1.165, 1.54) is 43.8 Å². The molecule has 0 atom stereocenters. The Balaban J connectivity index is 1.12. The van der Waals surface area contributed by atoms with Crippen molar-refractivity contribution in [1.29, 1.82) is 0 Å². The van der Waals surface area contributed by atoms with Crippen LogP contribution in [0.3, 0.4) is 0 Å². The summed E-state index contributed by atoms with van der Waals surface area (Å²) in [6.07, 6.45) is 0. The molecule has 244 valence electrons. The van der Waals surface area contributed by atoms with Crippen LogP contribution in [-0.2, 0) is 0 Å². The molecule has 10 aromatic rings. The van der Waals surface area contributed by atoms with Gasteiger partial charge in [0, 0.05) is 27.7 Å². The molecular formula is C50H33NO. The maximum Gasteiger partial charge on any atom is 0.135 e. The summed E-state index contributed by atoms with van der Waals surface area (Å²) in [5.41, 5.74) is 12.2. The van der Waals surface area contributed by atoms with Gasteiger partial charge >= 0.3 is 0 Å². The van der Waals surface area contributed by atoms with Gasteiger partial charge in [0.25, 0.3) is 0 Å². The Morgan fingerprint density at radius 3 is 1.40 bits per heavy atom. The van der Waals surface area contributed by atoms with Crippen LogP contribution >= 0.6 is 0 Å². The molecule has 0 amide bonds. The summed E-state index contributed by atoms with van der Waals surface area (Å²) in [7, 11) is 0. The second kappa shape index (κ2) is 12.5. The Morgan fingerprint density at radius 2 is 0.769 bits per heavy atom. The molecule has 0 aliphatic heterocycles. The van der Waals surface area contributed by atoms with Gasteiger partial charge in [0.2, 0.25) is 0 Å². The average molecular weight is 664 g/mol. The molecule has 0 saturated carbocycles. The Labute approximate surface area is 302 Å². The number of hydrogen-bond acceptors (Lipinski definition) is 2. The van der Waals surface area contributed by atoms with Crippen LogP contribution in [0.1, 0.15) is 0 Å². The van der Waals surface area contributed by atoms with Gasteiger partial charge in [-0.1, -0.05) is 152 Å². The highest BCUT2D eigenvalue weighted by Gasteiger charge is 2.19. The van der Waals surface area contributed by atoms with Crippen molar-refractivity contribution in [1.82, 2.24) is 0 Å². The Bertz CT molecular complexity index is 2770. The van der Waals surface area contributed by atoms with E-state index in [0.29, 0.717) is 0 Å². The van der Waals surface area contributed by atoms with Crippen LogP contribution < -0.4 is 4.90 Å². The molecule has 2 heteroatoms. The number of furan rings is 1. The van der Waals surface area contributed by atoms with Crippen molar-refractivity contribution in [3.05, 3.63) is 200 Å². The molecule has 10 rings (SSSR count). The van der Waals surface area contributed by atoms with Crippen LogP contribution in [-0.4, -0.2) is 0 Å². The SMILES string of the molecule is c1ccc(N(c2ccc(-c3cccc4ccccc34)cc2)c2ccc(-c3cccc4ccccc34)cc2)c(-c2ccc3oc4ccccc4c3c2)c1. The van der Waals surface area contributed by atoms with Crippen LogP contribution in [0.2, 0.25) is 0 Å². The van der Waals surface area contributed by atoms with Crippen LogP contribution in [0.15, 0.2) is 205 Å². The van der Waals surface area contributed by atoms with Gasteiger partial charge in [-0.2, -0.15) is 0 Å². The van der Waals surface area contributed by atoms with E-state index < -0.39 is 0 Å². The zero-order chi connectivity index (χ0) is 34.4. The molecule has 0 spiro atoms. The smallest absolute Gasteiger partial charge is 0.135 e. The number of fused-ring (bicyclic) bond motifs is 5. The van der Waals surface area contributed by atoms with E-state index in [1.807, 2.05) is 12.1 Å². The van der Waals surface area contributed by atoms with E-state index in [1.54, 1.807) is 0 Å². The first-order valence-electron chi connectivity index (χ1n) is 17.8. The van der Waals surface area contributed by atoms with Crippen LogP contribution in [0.25, 0.3) is 76.9 Å². The zero-order valence-electron chi connectivity index (χ0n) is 28.4. The van der Waals surface area contributed by atoms with Crippen molar-refractivity contribution in [3.8, 4) is 33.4 Å². The quantitative estimate of drug-likeness (QED) is 0.176. The summed E-state index contributed by atoms with van der Waals surface area (Å²) in [6, 6.07) is 71.8. The fourth-order valence-corrected chi connectivity index (χ4v) is 7.77. The van der Waals surface area contributed by atoms with E-state index in [9.17, 15) is 0 Å². The molecule has 9 aromatic carbocycles. The highest BCUT2D eigenvalue weighted by Crippen LogP contribution is 2.43. The maximum atomic E-state index is 6.20. The number of rotatable bonds is 6. The van der Waals surface area contributed by atoms with Crippen LogP contribution in [0.4, 0.5) is 17.1 Å². The number of benzene rings is 9. The third kappa shape index (κ3) is 5.12. The number of nitrogens with zero attached hydrogens (tertiary/aromatic N) is 1. The Kier molecular flexibility index (Phi) is 7.18. The fraction of sp³-hybridized carbons (Fsp3) is 0. The summed E-state index contributed by atoms with van der Waals surface area (Å²) in [6.45, 7) is 0. The van der Waals surface area contributed by atoms with Crippen molar-refractivity contribution in [2.45, 2.75) is 0 Å². The third-order valence-electron chi connectivity index (χ3n) is 10.3. The molecule has 52 heavy (non-hydrogen) atoms. The zero-order valence-corrected chi connectivity index (χ0v) is 28.4. The van der Waals surface area contributed by atoms with Crippen molar-refractivity contribution in [3.63, 3.8) is 0 Å². The van der Waals surface area contributed by atoms with E-state index in [2.05, 4.69) is 193 Å². The second-order valence-electron chi connectivity index (χ2n) is 13.3. The number of anilines is 3. The molecule has 1 heterocycles. The molecular weight excluding hydrogens is 631 g/mol. The summed E-state index contributed by atoms with van der Waals surface area (Å²) < 4.78 is 6.20. The minimum absolute atomic E-state index is 0.896. The first-order valence-corrected chi connectivity index (χ1v) is 17.8. The molecule has 1 aromatic heterocycles. The molecule has 0 fully saturated rings. The number of para-hydroxylation sites is 2. The monoisotopic (exact) mass is 663 g/mol. The van der Waals surface area contributed by atoms with Gasteiger partial charge < -0.3 is 9.32 Å². The standard InChI is InChI=1S/C50H33NO/c1-3-15-41-34(11-1)13-9-19-43(41)36-23-28-39(29-24-36)51(40-30-25-37(26-31-40)44-20-10-14-35-12-2-4-16-42(35)44)48-21-7-5-17-45(48)38-27-32-50-47(33-38)46-18-6-8-22-49(46)52-50/h1-33H. The molecule has 0 aliphatic carbocycles. The second-order valence-corrected chi connectivity index (χ2v) is 13.3. The predicted molar refractivity (Wildman–Crippen MR) is 220 cm³/mol. The molecule has 0 unspecified atom stereocenters. The molecule has 0 N–H and O–H groups in total. The summed E-state index contributed by atoms with van der Waals surface area (Å²) >= 11 is 0. The lowest BCUT2D eigenvalue weighted by Crippen LogP contribution is -2.11. The highest BCUT2D eigenvalue weighted by atomic mass is 16.3. The lowest BCUT2D eigenvalue weighted by molar-refractivity contribution is 0.669. The number of hydrogen-bond donors (Lipinski definition) is 0. The van der Waals surface area contributed by atoms with E-state index in [0.717, 1.165) is 50.1 Å².